The zero-order chi connectivity index (χ0) is 14.8. The molecular weight excluding hydrogens is 306 g/mol. The summed E-state index contributed by atoms with van der Waals surface area (Å²) >= 11 is 0. The fourth-order valence-electron chi connectivity index (χ4n) is 3.00. The number of H-pyrrole nitrogens is 1. The molecule has 1 aromatic carbocycles. The molecular formula is C15H20ClN3O3. The van der Waals surface area contributed by atoms with E-state index < -0.39 is 11.2 Å². The number of aromatic hydroxyl groups is 1. The molecule has 3 rings (SSSR count). The highest BCUT2D eigenvalue weighted by molar-refractivity contribution is 5.85. The quantitative estimate of drug-likeness (QED) is 0.888. The van der Waals surface area contributed by atoms with Gasteiger partial charge in [0.1, 0.15) is 11.3 Å². The summed E-state index contributed by atoms with van der Waals surface area (Å²) in [5.74, 6) is -0.0307. The third-order valence-corrected chi connectivity index (χ3v) is 4.05. The van der Waals surface area contributed by atoms with Crippen molar-refractivity contribution in [2.24, 2.45) is 0 Å². The lowest BCUT2D eigenvalue weighted by atomic mass is 10.2. The zero-order valence-corrected chi connectivity index (χ0v) is 13.1. The Labute approximate surface area is 133 Å². The predicted molar refractivity (Wildman–Crippen MR) is 88.0 cm³/mol. The van der Waals surface area contributed by atoms with Crippen LogP contribution in [0.5, 0.6) is 5.75 Å². The van der Waals surface area contributed by atoms with E-state index in [1.807, 2.05) is 0 Å². The Hall–Kier alpha value is -1.79. The third kappa shape index (κ3) is 3.18. The summed E-state index contributed by atoms with van der Waals surface area (Å²) < 4.78 is 1.46. The van der Waals surface area contributed by atoms with E-state index in [-0.39, 0.29) is 18.2 Å². The first kappa shape index (κ1) is 16.6. The van der Waals surface area contributed by atoms with Gasteiger partial charge in [0.25, 0.3) is 5.56 Å². The van der Waals surface area contributed by atoms with Gasteiger partial charge in [0.05, 0.1) is 5.39 Å². The van der Waals surface area contributed by atoms with Crippen LogP contribution in [0.4, 0.5) is 0 Å². The van der Waals surface area contributed by atoms with E-state index in [1.54, 1.807) is 12.1 Å². The maximum Gasteiger partial charge on any atom is 0.328 e. The second-order valence-corrected chi connectivity index (χ2v) is 5.49. The molecule has 1 saturated heterocycles. The summed E-state index contributed by atoms with van der Waals surface area (Å²) in [5.41, 5.74) is -0.593. The Bertz CT molecular complexity index is 763. The van der Waals surface area contributed by atoms with Crippen LogP contribution < -0.4 is 11.2 Å². The molecule has 1 fully saturated rings. The molecule has 2 N–H and O–H groups in total. The van der Waals surface area contributed by atoms with Crippen LogP contribution in [0.3, 0.4) is 0 Å². The van der Waals surface area contributed by atoms with E-state index in [2.05, 4.69) is 9.88 Å². The molecule has 2 aromatic rings. The number of aromatic nitrogens is 2. The maximum absolute atomic E-state index is 12.0. The van der Waals surface area contributed by atoms with Crippen LogP contribution in [0, 0.1) is 0 Å². The Kier molecular flexibility index (Phi) is 5.26. The minimum Gasteiger partial charge on any atom is -0.506 e. The van der Waals surface area contributed by atoms with Crippen molar-refractivity contribution >= 4 is 23.3 Å². The second-order valence-electron chi connectivity index (χ2n) is 5.49. The molecule has 7 heteroatoms. The van der Waals surface area contributed by atoms with E-state index in [0.29, 0.717) is 17.4 Å². The number of aryl methyl sites for hydroxylation is 1. The smallest absolute Gasteiger partial charge is 0.328 e. The van der Waals surface area contributed by atoms with Crippen molar-refractivity contribution in [1.82, 2.24) is 14.5 Å². The molecule has 1 aromatic heterocycles. The SMILES string of the molecule is Cl.O=c1[nH]c(=O)n(CCCN2CCCC2)c2c(O)cccc12. The molecule has 120 valence electrons. The van der Waals surface area contributed by atoms with Crippen LogP contribution in [0.2, 0.25) is 0 Å². The average molecular weight is 326 g/mol. The molecule has 1 aliphatic heterocycles. The molecule has 0 aliphatic carbocycles. The number of nitrogens with zero attached hydrogens (tertiary/aromatic N) is 2. The van der Waals surface area contributed by atoms with E-state index in [4.69, 9.17) is 0 Å². The van der Waals surface area contributed by atoms with Gasteiger partial charge in [-0.05, 0) is 51.0 Å². The predicted octanol–water partition coefficient (Wildman–Crippen LogP) is 1.30. The number of nitrogens with one attached hydrogen (secondary N) is 1. The summed E-state index contributed by atoms with van der Waals surface area (Å²) in [4.78, 5) is 28.5. The van der Waals surface area contributed by atoms with Gasteiger partial charge in [0.15, 0.2) is 0 Å². The molecule has 0 atom stereocenters. The number of phenols is 1. The number of para-hydroxylation sites is 1. The van der Waals surface area contributed by atoms with Crippen LogP contribution in [0.15, 0.2) is 27.8 Å². The molecule has 0 unspecified atom stereocenters. The fourth-order valence-corrected chi connectivity index (χ4v) is 3.00. The van der Waals surface area contributed by atoms with Gasteiger partial charge in [0, 0.05) is 6.54 Å². The van der Waals surface area contributed by atoms with Crippen LogP contribution in [-0.4, -0.2) is 39.2 Å². The van der Waals surface area contributed by atoms with E-state index >= 15 is 0 Å². The number of hydrogen-bond acceptors (Lipinski definition) is 4. The highest BCUT2D eigenvalue weighted by Gasteiger charge is 2.13. The number of likely N-dealkylation sites (tertiary alicyclic amines) is 1. The highest BCUT2D eigenvalue weighted by atomic mass is 35.5. The molecule has 1 aliphatic rings. The average Bonchev–Trinajstić information content (AvgIpc) is 2.96. The minimum absolute atomic E-state index is 0. The van der Waals surface area contributed by atoms with Crippen molar-refractivity contribution in [2.75, 3.05) is 19.6 Å². The van der Waals surface area contributed by atoms with Gasteiger partial charge in [0.2, 0.25) is 0 Å². The number of aromatic amines is 1. The molecule has 2 heterocycles. The van der Waals surface area contributed by atoms with Crippen molar-refractivity contribution < 1.29 is 5.11 Å². The Balaban J connectivity index is 0.00000176. The Morgan fingerprint density at radius 1 is 1.14 bits per heavy atom. The Morgan fingerprint density at radius 3 is 2.59 bits per heavy atom. The monoisotopic (exact) mass is 325 g/mol. The largest absolute Gasteiger partial charge is 0.506 e. The number of halogens is 1. The molecule has 22 heavy (non-hydrogen) atoms. The first-order chi connectivity index (χ1) is 10.2. The van der Waals surface area contributed by atoms with Gasteiger partial charge in [-0.1, -0.05) is 6.07 Å². The van der Waals surface area contributed by atoms with E-state index in [1.165, 1.54) is 23.5 Å². The number of hydrogen-bond donors (Lipinski definition) is 2. The standard InChI is InChI=1S/C15H19N3O3.ClH/c19-12-6-3-5-11-13(12)18(15(21)16-14(11)20)10-4-9-17-7-1-2-8-17;/h3,5-6,19H,1-2,4,7-10H2,(H,16,20,21);1H. The van der Waals surface area contributed by atoms with E-state index in [0.717, 1.165) is 26.1 Å². The Morgan fingerprint density at radius 2 is 1.86 bits per heavy atom. The van der Waals surface area contributed by atoms with Crippen LogP contribution in [0.1, 0.15) is 19.3 Å². The van der Waals surface area contributed by atoms with Gasteiger partial charge in [-0.3, -0.25) is 14.3 Å². The summed E-state index contributed by atoms with van der Waals surface area (Å²) in [6.45, 7) is 3.65. The lowest BCUT2D eigenvalue weighted by Crippen LogP contribution is -2.31. The van der Waals surface area contributed by atoms with Crippen molar-refractivity contribution in [2.45, 2.75) is 25.8 Å². The number of benzene rings is 1. The van der Waals surface area contributed by atoms with E-state index in [9.17, 15) is 14.7 Å². The minimum atomic E-state index is -0.463. The summed E-state index contributed by atoms with van der Waals surface area (Å²) in [6.07, 6.45) is 3.29. The number of rotatable bonds is 4. The van der Waals surface area contributed by atoms with Crippen molar-refractivity contribution in [3.63, 3.8) is 0 Å². The molecule has 0 spiro atoms. The van der Waals surface area contributed by atoms with Gasteiger partial charge in [-0.2, -0.15) is 0 Å². The molecule has 6 nitrogen and oxygen atoms in total. The normalized spacial score (nSPS) is 15.1. The second kappa shape index (κ2) is 6.98. The van der Waals surface area contributed by atoms with Crippen LogP contribution in [0.25, 0.3) is 10.9 Å². The zero-order valence-electron chi connectivity index (χ0n) is 12.2. The summed E-state index contributed by atoms with van der Waals surface area (Å²) in [7, 11) is 0. The van der Waals surface area contributed by atoms with Crippen LogP contribution in [-0.2, 0) is 6.54 Å². The van der Waals surface area contributed by atoms with Gasteiger partial charge < -0.3 is 10.0 Å². The molecule has 0 amide bonds. The lowest BCUT2D eigenvalue weighted by molar-refractivity contribution is 0.324. The number of fused-ring (bicyclic) bond motifs is 1. The van der Waals surface area contributed by atoms with Crippen molar-refractivity contribution in [3.8, 4) is 5.75 Å². The highest BCUT2D eigenvalue weighted by Crippen LogP contribution is 2.20. The van der Waals surface area contributed by atoms with Gasteiger partial charge in [-0.25, -0.2) is 4.79 Å². The summed E-state index contributed by atoms with van der Waals surface area (Å²) in [5, 5.41) is 10.3. The van der Waals surface area contributed by atoms with Crippen LogP contribution >= 0.6 is 12.4 Å². The van der Waals surface area contributed by atoms with Crippen molar-refractivity contribution in [3.05, 3.63) is 39.0 Å². The first-order valence-electron chi connectivity index (χ1n) is 7.34. The first-order valence-corrected chi connectivity index (χ1v) is 7.34. The molecule has 0 radical (unpaired) electrons. The lowest BCUT2D eigenvalue weighted by Gasteiger charge is -2.15. The topological polar surface area (TPSA) is 78.3 Å². The van der Waals surface area contributed by atoms with Gasteiger partial charge in [-0.15, -0.1) is 12.4 Å². The summed E-state index contributed by atoms with van der Waals surface area (Å²) in [6, 6.07) is 4.72. The maximum atomic E-state index is 12.0. The number of phenolic OH excluding ortho intramolecular Hbond substituents is 1. The van der Waals surface area contributed by atoms with Gasteiger partial charge >= 0.3 is 5.69 Å². The molecule has 0 bridgehead atoms. The third-order valence-electron chi connectivity index (χ3n) is 4.05. The fraction of sp³-hybridized carbons (Fsp3) is 0.467. The van der Waals surface area contributed by atoms with Crippen molar-refractivity contribution in [1.29, 1.82) is 0 Å². The molecule has 0 saturated carbocycles.